The maximum absolute atomic E-state index is 3.57. The van der Waals surface area contributed by atoms with E-state index < -0.39 is 0 Å². The Morgan fingerprint density at radius 1 is 1.73 bits per heavy atom. The lowest BCUT2D eigenvalue weighted by molar-refractivity contribution is 0.443. The molecule has 0 aromatic carbocycles. The smallest absolute Gasteiger partial charge is 0.0249 e. The molecule has 60 valence electrons. The van der Waals surface area contributed by atoms with Gasteiger partial charge < -0.3 is 0 Å². The van der Waals surface area contributed by atoms with Crippen LogP contribution in [0.15, 0.2) is 18.4 Å². The molecule has 2 rings (SSSR count). The lowest BCUT2D eigenvalue weighted by Gasteiger charge is -2.09. The van der Waals surface area contributed by atoms with Crippen LogP contribution in [0.4, 0.5) is 0 Å². The van der Waals surface area contributed by atoms with E-state index in [1.807, 2.05) is 0 Å². The van der Waals surface area contributed by atoms with E-state index in [0.29, 0.717) is 0 Å². The van der Waals surface area contributed by atoms with Gasteiger partial charge in [-0.15, -0.1) is 5.73 Å². The minimum Gasteiger partial charge on any atom is -0.133 e. The van der Waals surface area contributed by atoms with Crippen molar-refractivity contribution in [3.63, 3.8) is 0 Å². The van der Waals surface area contributed by atoms with E-state index in [2.05, 4.69) is 25.3 Å². The van der Waals surface area contributed by atoms with Crippen LogP contribution in [0.25, 0.3) is 0 Å². The highest BCUT2D eigenvalue weighted by molar-refractivity contribution is 5.18. The van der Waals surface area contributed by atoms with Crippen molar-refractivity contribution >= 4 is 0 Å². The fourth-order valence-electron chi connectivity index (χ4n) is 2.20. The first kappa shape index (κ1) is 7.18. The van der Waals surface area contributed by atoms with Crippen molar-refractivity contribution in [3.05, 3.63) is 18.4 Å². The summed E-state index contributed by atoms with van der Waals surface area (Å²) in [5.74, 6) is 2.01. The third-order valence-corrected chi connectivity index (χ3v) is 3.27. The van der Waals surface area contributed by atoms with Crippen LogP contribution in [0.2, 0.25) is 0 Å². The summed E-state index contributed by atoms with van der Waals surface area (Å²) in [5.41, 5.74) is 3.71. The van der Waals surface area contributed by atoms with Crippen LogP contribution >= 0.6 is 0 Å². The molecule has 1 atom stereocenters. The van der Waals surface area contributed by atoms with Crippen LogP contribution in [-0.2, 0) is 0 Å². The summed E-state index contributed by atoms with van der Waals surface area (Å²) in [6.45, 7) is 5.92. The summed E-state index contributed by atoms with van der Waals surface area (Å²) in [6, 6.07) is 0. The quantitative estimate of drug-likeness (QED) is 0.537. The standard InChI is InChI=1S/C11H16/c1-3-4-5-9(2)6-11-7-10(11)8-11/h4,9-10H,1,5-8H2,2H3. The highest BCUT2D eigenvalue weighted by atomic mass is 14.7. The molecule has 0 aromatic rings. The Morgan fingerprint density at radius 2 is 2.36 bits per heavy atom. The first-order valence-electron chi connectivity index (χ1n) is 4.61. The largest absolute Gasteiger partial charge is 0.133 e. The van der Waals surface area contributed by atoms with Crippen molar-refractivity contribution in [2.75, 3.05) is 0 Å². The topological polar surface area (TPSA) is 0 Å². The molecule has 0 aromatic heterocycles. The summed E-state index contributed by atoms with van der Waals surface area (Å²) in [7, 11) is 0. The highest BCUT2D eigenvalue weighted by Crippen LogP contribution is 2.78. The number of fused-ring (bicyclic) bond motifs is 1. The lowest BCUT2D eigenvalue weighted by atomic mass is 9.96. The molecule has 1 unspecified atom stereocenters. The molecule has 2 saturated carbocycles. The Labute approximate surface area is 69.0 Å². The zero-order valence-corrected chi connectivity index (χ0v) is 7.27. The van der Waals surface area contributed by atoms with Crippen LogP contribution in [-0.4, -0.2) is 0 Å². The van der Waals surface area contributed by atoms with Crippen molar-refractivity contribution in [2.24, 2.45) is 17.3 Å². The Bertz CT molecular complexity index is 202. The number of allylic oxidation sites excluding steroid dienone is 1. The summed E-state index contributed by atoms with van der Waals surface area (Å²) < 4.78 is 0. The molecule has 0 aliphatic heterocycles. The van der Waals surface area contributed by atoms with E-state index in [4.69, 9.17) is 0 Å². The second-order valence-electron chi connectivity index (χ2n) is 4.42. The summed E-state index contributed by atoms with van der Waals surface area (Å²) in [5, 5.41) is 0. The molecule has 2 aliphatic rings. The van der Waals surface area contributed by atoms with Crippen LogP contribution in [0.5, 0.6) is 0 Å². The second kappa shape index (κ2) is 2.25. The van der Waals surface area contributed by atoms with Gasteiger partial charge in [-0.05, 0) is 49.0 Å². The van der Waals surface area contributed by atoms with Crippen molar-refractivity contribution in [2.45, 2.75) is 32.6 Å². The summed E-state index contributed by atoms with van der Waals surface area (Å²) >= 11 is 0. The normalized spacial score (nSPS) is 40.3. The van der Waals surface area contributed by atoms with E-state index in [-0.39, 0.29) is 0 Å². The molecule has 0 heteroatoms. The van der Waals surface area contributed by atoms with Gasteiger partial charge in [-0.25, -0.2) is 0 Å². The third-order valence-electron chi connectivity index (χ3n) is 3.27. The molecular weight excluding hydrogens is 132 g/mol. The molecule has 0 amide bonds. The van der Waals surface area contributed by atoms with Gasteiger partial charge >= 0.3 is 0 Å². The molecule has 0 spiro atoms. The SMILES string of the molecule is C=C=CCC(C)CC12CC1C2. The molecule has 0 heterocycles. The predicted molar refractivity (Wildman–Crippen MR) is 47.3 cm³/mol. The average Bonchev–Trinajstić information content (AvgIpc) is 2.72. The first-order valence-corrected chi connectivity index (χ1v) is 4.61. The second-order valence-corrected chi connectivity index (χ2v) is 4.42. The maximum Gasteiger partial charge on any atom is -0.0249 e. The van der Waals surface area contributed by atoms with Crippen molar-refractivity contribution in [1.82, 2.24) is 0 Å². The summed E-state index contributed by atoms with van der Waals surface area (Å²) in [6.07, 6.45) is 7.78. The van der Waals surface area contributed by atoms with E-state index in [0.717, 1.165) is 17.3 Å². The minimum atomic E-state index is 0.858. The van der Waals surface area contributed by atoms with E-state index in [1.54, 1.807) is 0 Å². The van der Waals surface area contributed by atoms with E-state index in [9.17, 15) is 0 Å². The molecule has 0 N–H and O–H groups in total. The van der Waals surface area contributed by atoms with Gasteiger partial charge in [-0.3, -0.25) is 0 Å². The van der Waals surface area contributed by atoms with Gasteiger partial charge in [0, 0.05) is 0 Å². The Kier molecular flexibility index (Phi) is 1.47. The van der Waals surface area contributed by atoms with Crippen molar-refractivity contribution in [1.29, 1.82) is 0 Å². The number of hydrogen-bond donors (Lipinski definition) is 0. The van der Waals surface area contributed by atoms with Crippen LogP contribution < -0.4 is 0 Å². The van der Waals surface area contributed by atoms with Gasteiger partial charge in [0.15, 0.2) is 0 Å². The Balaban J connectivity index is 1.73. The summed E-state index contributed by atoms with van der Waals surface area (Å²) in [4.78, 5) is 0. The molecule has 0 bridgehead atoms. The Morgan fingerprint density at radius 3 is 2.82 bits per heavy atom. The third kappa shape index (κ3) is 1.28. The average molecular weight is 148 g/mol. The van der Waals surface area contributed by atoms with Gasteiger partial charge in [0.25, 0.3) is 0 Å². The van der Waals surface area contributed by atoms with Crippen LogP contribution in [0.3, 0.4) is 0 Å². The zero-order valence-electron chi connectivity index (χ0n) is 7.27. The minimum absolute atomic E-state index is 0.858. The maximum atomic E-state index is 3.57. The predicted octanol–water partition coefficient (Wildman–Crippen LogP) is 3.15. The molecule has 0 saturated heterocycles. The number of rotatable bonds is 4. The highest BCUT2D eigenvalue weighted by Gasteiger charge is 2.68. The monoisotopic (exact) mass is 148 g/mol. The molecular formula is C11H16. The first-order chi connectivity index (χ1) is 5.27. The molecule has 2 aliphatic carbocycles. The lowest BCUT2D eigenvalue weighted by Crippen LogP contribution is -1.97. The van der Waals surface area contributed by atoms with Crippen molar-refractivity contribution in [3.8, 4) is 0 Å². The fourth-order valence-corrected chi connectivity index (χ4v) is 2.20. The number of hydrogen-bond acceptors (Lipinski definition) is 0. The molecule has 0 radical (unpaired) electrons. The van der Waals surface area contributed by atoms with Crippen molar-refractivity contribution < 1.29 is 0 Å². The Hall–Kier alpha value is -0.480. The van der Waals surface area contributed by atoms with Gasteiger partial charge in [-0.2, -0.15) is 0 Å². The van der Waals surface area contributed by atoms with Gasteiger partial charge in [0.1, 0.15) is 0 Å². The molecule has 2 fully saturated rings. The van der Waals surface area contributed by atoms with E-state index in [1.165, 1.54) is 25.7 Å². The molecule has 0 nitrogen and oxygen atoms in total. The van der Waals surface area contributed by atoms with Crippen LogP contribution in [0, 0.1) is 17.3 Å². The fraction of sp³-hybridized carbons (Fsp3) is 0.727. The van der Waals surface area contributed by atoms with Crippen LogP contribution in [0.1, 0.15) is 32.6 Å². The van der Waals surface area contributed by atoms with Gasteiger partial charge in [0.05, 0.1) is 0 Å². The molecule has 11 heavy (non-hydrogen) atoms. The van der Waals surface area contributed by atoms with Gasteiger partial charge in [0.2, 0.25) is 0 Å². The zero-order chi connectivity index (χ0) is 7.90. The van der Waals surface area contributed by atoms with E-state index >= 15 is 0 Å². The van der Waals surface area contributed by atoms with Gasteiger partial charge in [-0.1, -0.05) is 13.5 Å².